The molecule has 2 aliphatic rings. The van der Waals surface area contributed by atoms with Gasteiger partial charge in [0.2, 0.25) is 5.91 Å². The highest BCUT2D eigenvalue weighted by molar-refractivity contribution is 5.96. The molecule has 2 aromatic rings. The SMILES string of the molecule is O=C(NCC1(c2ccc(F)cc2)CCCC1)c1ccc(NC(=O)C2CC2)cc1. The smallest absolute Gasteiger partial charge is 0.251 e. The highest BCUT2D eigenvalue weighted by Gasteiger charge is 2.36. The Labute approximate surface area is 164 Å². The fraction of sp³-hybridized carbons (Fsp3) is 0.391. The Morgan fingerprint density at radius 1 is 0.964 bits per heavy atom. The van der Waals surface area contributed by atoms with E-state index in [0.29, 0.717) is 17.8 Å². The Kier molecular flexibility index (Phi) is 5.16. The zero-order chi connectivity index (χ0) is 19.6. The van der Waals surface area contributed by atoms with Gasteiger partial charge in [0.1, 0.15) is 5.82 Å². The van der Waals surface area contributed by atoms with Crippen LogP contribution in [0.15, 0.2) is 48.5 Å². The molecule has 0 unspecified atom stereocenters. The number of hydrogen-bond donors (Lipinski definition) is 2. The minimum absolute atomic E-state index is 0.0553. The van der Waals surface area contributed by atoms with Gasteiger partial charge in [-0.15, -0.1) is 0 Å². The van der Waals surface area contributed by atoms with Crippen LogP contribution in [0.4, 0.5) is 10.1 Å². The highest BCUT2D eigenvalue weighted by atomic mass is 19.1. The van der Waals surface area contributed by atoms with Gasteiger partial charge in [0.15, 0.2) is 0 Å². The molecule has 4 nitrogen and oxygen atoms in total. The van der Waals surface area contributed by atoms with Gasteiger partial charge >= 0.3 is 0 Å². The van der Waals surface area contributed by atoms with Crippen LogP contribution in [-0.2, 0) is 10.2 Å². The van der Waals surface area contributed by atoms with Gasteiger partial charge in [0, 0.05) is 29.1 Å². The number of anilines is 1. The monoisotopic (exact) mass is 380 g/mol. The summed E-state index contributed by atoms with van der Waals surface area (Å²) in [6, 6.07) is 13.7. The molecule has 2 aromatic carbocycles. The van der Waals surface area contributed by atoms with Crippen LogP contribution in [0.2, 0.25) is 0 Å². The normalized spacial score (nSPS) is 17.9. The first-order valence-electron chi connectivity index (χ1n) is 10.0. The Morgan fingerprint density at radius 2 is 1.61 bits per heavy atom. The van der Waals surface area contributed by atoms with Crippen LogP contribution in [0.3, 0.4) is 0 Å². The first-order valence-corrected chi connectivity index (χ1v) is 10.0. The van der Waals surface area contributed by atoms with E-state index in [1.165, 1.54) is 12.1 Å². The molecule has 4 rings (SSSR count). The third-order valence-electron chi connectivity index (χ3n) is 5.97. The second kappa shape index (κ2) is 7.74. The summed E-state index contributed by atoms with van der Waals surface area (Å²) in [6.45, 7) is 0.539. The van der Waals surface area contributed by atoms with Gasteiger partial charge in [-0.1, -0.05) is 25.0 Å². The molecular weight excluding hydrogens is 355 g/mol. The van der Waals surface area contributed by atoms with Crippen molar-refractivity contribution in [3.05, 3.63) is 65.5 Å². The molecule has 5 heteroatoms. The molecule has 0 aliphatic heterocycles. The number of nitrogens with one attached hydrogen (secondary N) is 2. The predicted octanol–water partition coefficient (Wildman–Crippen LogP) is 4.42. The average molecular weight is 380 g/mol. The number of rotatable bonds is 6. The van der Waals surface area contributed by atoms with E-state index < -0.39 is 0 Å². The average Bonchev–Trinajstić information content (AvgIpc) is 3.46. The molecule has 0 bridgehead atoms. The summed E-state index contributed by atoms with van der Waals surface area (Å²) < 4.78 is 13.3. The summed E-state index contributed by atoms with van der Waals surface area (Å²) in [6.07, 6.45) is 6.13. The fourth-order valence-corrected chi connectivity index (χ4v) is 4.07. The zero-order valence-corrected chi connectivity index (χ0v) is 15.8. The molecule has 2 N–H and O–H groups in total. The third kappa shape index (κ3) is 4.08. The van der Waals surface area contributed by atoms with Gasteiger partial charge in [0.05, 0.1) is 0 Å². The van der Waals surface area contributed by atoms with Crippen molar-refractivity contribution < 1.29 is 14.0 Å². The van der Waals surface area contributed by atoms with Gasteiger partial charge in [-0.25, -0.2) is 4.39 Å². The van der Waals surface area contributed by atoms with Crippen molar-refractivity contribution in [1.29, 1.82) is 0 Å². The summed E-state index contributed by atoms with van der Waals surface area (Å²) in [7, 11) is 0. The molecule has 2 saturated carbocycles. The molecule has 28 heavy (non-hydrogen) atoms. The van der Waals surface area contributed by atoms with Gasteiger partial charge in [-0.05, 0) is 67.6 Å². The molecule has 0 aromatic heterocycles. The van der Waals surface area contributed by atoms with Crippen LogP contribution in [0, 0.1) is 11.7 Å². The summed E-state index contributed by atoms with van der Waals surface area (Å²) >= 11 is 0. The van der Waals surface area contributed by atoms with Crippen molar-refractivity contribution in [2.45, 2.75) is 43.9 Å². The molecule has 0 saturated heterocycles. The standard InChI is InChI=1S/C23H25FN2O2/c24-19-9-7-18(8-10-19)23(13-1-2-14-23)15-25-21(27)16-5-11-20(12-6-16)26-22(28)17-3-4-17/h5-12,17H,1-4,13-15H2,(H,25,27)(H,26,28). The fourth-order valence-electron chi connectivity index (χ4n) is 4.07. The summed E-state index contributed by atoms with van der Waals surface area (Å²) in [5.41, 5.74) is 2.25. The molecule has 2 amide bonds. The molecular formula is C23H25FN2O2. The lowest BCUT2D eigenvalue weighted by atomic mass is 9.78. The van der Waals surface area contributed by atoms with Crippen molar-refractivity contribution in [2.75, 3.05) is 11.9 Å². The highest BCUT2D eigenvalue weighted by Crippen LogP contribution is 2.40. The number of hydrogen-bond acceptors (Lipinski definition) is 2. The largest absolute Gasteiger partial charge is 0.351 e. The number of benzene rings is 2. The van der Waals surface area contributed by atoms with Crippen molar-refractivity contribution in [3.63, 3.8) is 0 Å². The first-order chi connectivity index (χ1) is 13.6. The van der Waals surface area contributed by atoms with E-state index in [9.17, 15) is 14.0 Å². The molecule has 0 heterocycles. The number of carbonyl (C=O) groups excluding carboxylic acids is 2. The van der Waals surface area contributed by atoms with Gasteiger partial charge in [-0.3, -0.25) is 9.59 Å². The summed E-state index contributed by atoms with van der Waals surface area (Å²) in [5.74, 6) is -0.167. The minimum atomic E-state index is -0.241. The van der Waals surface area contributed by atoms with E-state index in [-0.39, 0.29) is 29.0 Å². The Balaban J connectivity index is 1.39. The van der Waals surface area contributed by atoms with E-state index >= 15 is 0 Å². The lowest BCUT2D eigenvalue weighted by Gasteiger charge is -2.30. The zero-order valence-electron chi connectivity index (χ0n) is 15.8. The van der Waals surface area contributed by atoms with Crippen molar-refractivity contribution in [2.24, 2.45) is 5.92 Å². The predicted molar refractivity (Wildman–Crippen MR) is 107 cm³/mol. The van der Waals surface area contributed by atoms with Crippen LogP contribution < -0.4 is 10.6 Å². The van der Waals surface area contributed by atoms with Gasteiger partial charge < -0.3 is 10.6 Å². The molecule has 2 fully saturated rings. The number of amides is 2. The maximum absolute atomic E-state index is 13.3. The Hall–Kier alpha value is -2.69. The Morgan fingerprint density at radius 3 is 2.21 bits per heavy atom. The van der Waals surface area contributed by atoms with E-state index in [1.807, 2.05) is 12.1 Å². The topological polar surface area (TPSA) is 58.2 Å². The second-order valence-electron chi connectivity index (χ2n) is 8.02. The molecule has 0 radical (unpaired) electrons. The molecule has 0 atom stereocenters. The van der Waals surface area contributed by atoms with E-state index in [0.717, 1.165) is 44.1 Å². The van der Waals surface area contributed by atoms with Crippen LogP contribution in [-0.4, -0.2) is 18.4 Å². The van der Waals surface area contributed by atoms with Gasteiger partial charge in [0.25, 0.3) is 5.91 Å². The maximum atomic E-state index is 13.3. The molecule has 0 spiro atoms. The van der Waals surface area contributed by atoms with Crippen LogP contribution in [0.1, 0.15) is 54.4 Å². The van der Waals surface area contributed by atoms with Crippen molar-refractivity contribution in [3.8, 4) is 0 Å². The maximum Gasteiger partial charge on any atom is 0.251 e. The second-order valence-corrected chi connectivity index (χ2v) is 8.02. The first kappa shape index (κ1) is 18.7. The third-order valence-corrected chi connectivity index (χ3v) is 5.97. The lowest BCUT2D eigenvalue weighted by Crippen LogP contribution is -2.39. The van der Waals surface area contributed by atoms with Gasteiger partial charge in [-0.2, -0.15) is 0 Å². The van der Waals surface area contributed by atoms with Crippen molar-refractivity contribution >= 4 is 17.5 Å². The van der Waals surface area contributed by atoms with E-state index in [2.05, 4.69) is 10.6 Å². The Bertz CT molecular complexity index is 851. The summed E-state index contributed by atoms with van der Waals surface area (Å²) in [4.78, 5) is 24.4. The van der Waals surface area contributed by atoms with E-state index in [4.69, 9.17) is 0 Å². The molecule has 146 valence electrons. The number of carbonyl (C=O) groups is 2. The lowest BCUT2D eigenvalue weighted by molar-refractivity contribution is -0.117. The summed E-state index contributed by atoms with van der Waals surface area (Å²) in [5, 5.41) is 5.94. The van der Waals surface area contributed by atoms with Crippen LogP contribution in [0.5, 0.6) is 0 Å². The van der Waals surface area contributed by atoms with Crippen LogP contribution in [0.25, 0.3) is 0 Å². The van der Waals surface area contributed by atoms with E-state index in [1.54, 1.807) is 24.3 Å². The number of halogens is 1. The van der Waals surface area contributed by atoms with Crippen LogP contribution >= 0.6 is 0 Å². The minimum Gasteiger partial charge on any atom is -0.351 e. The quantitative estimate of drug-likeness (QED) is 0.780. The van der Waals surface area contributed by atoms with Crippen molar-refractivity contribution in [1.82, 2.24) is 5.32 Å². The molecule has 2 aliphatic carbocycles.